The van der Waals surface area contributed by atoms with E-state index in [9.17, 15) is 43.7 Å². The molecule has 282 valence electrons. The van der Waals surface area contributed by atoms with Crippen molar-refractivity contribution in [2.45, 2.75) is 9.79 Å². The minimum Gasteiger partial charge on any atom is -0.744 e. The van der Waals surface area contributed by atoms with E-state index in [1.165, 1.54) is 54.6 Å². The Morgan fingerprint density at radius 1 is 0.554 bits per heavy atom. The molecule has 0 unspecified atom stereocenters. The average Bonchev–Trinajstić information content (AvgIpc) is 3.15. The molecular weight excluding hydrogens is 787 g/mol. The Morgan fingerprint density at radius 3 is 1.71 bits per heavy atom. The first-order valence-corrected chi connectivity index (χ1v) is 20.1. The van der Waals surface area contributed by atoms with E-state index in [2.05, 4.69) is 31.0 Å². The number of hydrazone groups is 1. The number of hydrogen-bond donors (Lipinski definition) is 2. The minimum absolute atomic E-state index is 0.00504. The Balaban J connectivity index is 1.32. The lowest BCUT2D eigenvalue weighted by Crippen LogP contribution is -2.27. The van der Waals surface area contributed by atoms with Crippen LogP contribution in [0.15, 0.2) is 149 Å². The van der Waals surface area contributed by atoms with Crippen LogP contribution in [-0.4, -0.2) is 50.4 Å². The smallest absolute Gasteiger partial charge is 0.215 e. The molecule has 0 saturated heterocycles. The summed E-state index contributed by atoms with van der Waals surface area (Å²) in [5, 5.41) is 21.7. The number of anilines is 2. The number of carbonyl (C=O) groups excluding carboxylic acids is 1. The van der Waals surface area contributed by atoms with E-state index in [1.54, 1.807) is 30.3 Å². The number of azo groups is 2. The zero-order valence-corrected chi connectivity index (χ0v) is 30.5. The molecule has 6 aromatic rings. The van der Waals surface area contributed by atoms with Crippen LogP contribution in [0.1, 0.15) is 15.9 Å². The molecule has 1 aliphatic carbocycles. The fourth-order valence-corrected chi connectivity index (χ4v) is 7.39. The van der Waals surface area contributed by atoms with Crippen LogP contribution in [0.5, 0.6) is 0 Å². The monoisotopic (exact) mass is 808 g/mol. The normalized spacial score (nSPS) is 14.5. The number of nitrogens with one attached hydrogen (secondary N) is 1. The molecular formula is C36H22N7O10S3-3. The summed E-state index contributed by atoms with van der Waals surface area (Å²) in [6.07, 6.45) is 0.995. The molecule has 0 fully saturated rings. The second kappa shape index (κ2) is 14.3. The van der Waals surface area contributed by atoms with Crippen molar-refractivity contribution < 1.29 is 43.7 Å². The van der Waals surface area contributed by atoms with Gasteiger partial charge in [0, 0.05) is 32.8 Å². The lowest BCUT2D eigenvalue weighted by atomic mass is 9.94. The highest BCUT2D eigenvalue weighted by molar-refractivity contribution is 7.91. The van der Waals surface area contributed by atoms with E-state index in [1.807, 2.05) is 0 Å². The zero-order chi connectivity index (χ0) is 40.0. The molecule has 20 heteroatoms. The van der Waals surface area contributed by atoms with Crippen molar-refractivity contribution in [3.8, 4) is 0 Å². The number of benzene rings is 6. The summed E-state index contributed by atoms with van der Waals surface area (Å²) in [5.74, 6) is -0.911. The number of hydrogen-bond acceptors (Lipinski definition) is 17. The summed E-state index contributed by atoms with van der Waals surface area (Å²) in [5.41, 5.74) is 8.93. The standard InChI is InChI=1S/C36H25N7O10S3/c37-21-7-6-20-16-34(56(51,52)53)35(36(44)27(20)17-21)43-42-31-13-15-33(29-19-24(55(48,49)50)9-11-26(29)31)41-40-30-12-14-32(39-38-22-4-2-1-3-5-22)28-18-23(54(45,46)47)8-10-25(28)30/h1-19,42H,37H2,(H,45,46,47)(H,48,49,50)(H,51,52,53)/p-3. The van der Waals surface area contributed by atoms with Crippen LogP contribution in [0, 0.1) is 0 Å². The summed E-state index contributed by atoms with van der Waals surface area (Å²) in [7, 11) is -15.1. The van der Waals surface area contributed by atoms with Gasteiger partial charge in [-0.1, -0.05) is 36.4 Å². The first-order chi connectivity index (χ1) is 26.5. The summed E-state index contributed by atoms with van der Waals surface area (Å²) in [6.45, 7) is 0. The van der Waals surface area contributed by atoms with Gasteiger partial charge in [-0.05, 0) is 84.4 Å². The highest BCUT2D eigenvalue weighted by Crippen LogP contribution is 2.39. The quantitative estimate of drug-likeness (QED) is 0.0662. The number of carbonyl (C=O) groups is 1. The maximum absolute atomic E-state index is 13.4. The Bertz CT molecular complexity index is 3110. The molecule has 6 aromatic carbocycles. The summed E-state index contributed by atoms with van der Waals surface area (Å²) >= 11 is 0. The van der Waals surface area contributed by atoms with Gasteiger partial charge >= 0.3 is 0 Å². The molecule has 0 bridgehead atoms. The number of Topliss-reactive ketones (excluding diaryl/α,β-unsaturated/α-hetero) is 1. The van der Waals surface area contributed by atoms with E-state index in [4.69, 9.17) is 5.73 Å². The van der Waals surface area contributed by atoms with Crippen LogP contribution in [0.4, 0.5) is 34.1 Å². The van der Waals surface area contributed by atoms with Crippen LogP contribution >= 0.6 is 0 Å². The van der Waals surface area contributed by atoms with Gasteiger partial charge in [-0.15, -0.1) is 15.3 Å². The molecule has 56 heavy (non-hydrogen) atoms. The third-order valence-corrected chi connectivity index (χ3v) is 10.9. The second-order valence-electron chi connectivity index (χ2n) is 12.0. The number of allylic oxidation sites excluding steroid dienone is 1. The molecule has 3 N–H and O–H groups in total. The molecule has 0 spiro atoms. The predicted octanol–water partition coefficient (Wildman–Crippen LogP) is 6.76. The van der Waals surface area contributed by atoms with E-state index in [0.29, 0.717) is 11.1 Å². The SMILES string of the molecule is Nc1ccc2c(c1)C(=O)C(=NNc1ccc(N=Nc3ccc(N=Nc4ccccc4)c4cc(S(=O)(=O)[O-])ccc34)c3cc(S(=O)(=O)[O-])ccc13)C(S(=O)(=O)[O-])=C2. The molecule has 0 aliphatic heterocycles. The Labute approximate surface area is 317 Å². The van der Waals surface area contributed by atoms with Gasteiger partial charge in [-0.25, -0.2) is 25.3 Å². The predicted molar refractivity (Wildman–Crippen MR) is 203 cm³/mol. The highest BCUT2D eigenvalue weighted by atomic mass is 32.2. The van der Waals surface area contributed by atoms with Gasteiger partial charge in [0.2, 0.25) is 5.78 Å². The number of nitrogens with zero attached hydrogens (tertiary/aromatic N) is 5. The number of nitrogens with two attached hydrogens (primary N) is 1. The topological polar surface area (TPSA) is 289 Å². The first kappa shape index (κ1) is 37.8. The Morgan fingerprint density at radius 2 is 1.11 bits per heavy atom. The van der Waals surface area contributed by atoms with Gasteiger partial charge in [0.25, 0.3) is 0 Å². The van der Waals surface area contributed by atoms with Crippen molar-refractivity contribution in [2.24, 2.45) is 25.6 Å². The van der Waals surface area contributed by atoms with Crippen LogP contribution in [-0.2, 0) is 30.4 Å². The van der Waals surface area contributed by atoms with Crippen molar-refractivity contribution in [1.82, 2.24) is 0 Å². The van der Waals surface area contributed by atoms with Gasteiger partial charge in [0.05, 0.1) is 43.1 Å². The third-order valence-electron chi connectivity index (χ3n) is 8.39. The van der Waals surface area contributed by atoms with Crippen molar-refractivity contribution in [1.29, 1.82) is 0 Å². The van der Waals surface area contributed by atoms with Crippen LogP contribution < -0.4 is 11.2 Å². The number of ketones is 1. The molecule has 0 atom stereocenters. The number of fused-ring (bicyclic) bond motifs is 3. The Hall–Kier alpha value is -6.55. The van der Waals surface area contributed by atoms with Crippen molar-refractivity contribution in [3.63, 3.8) is 0 Å². The lowest BCUT2D eigenvalue weighted by Gasteiger charge is -2.20. The van der Waals surface area contributed by atoms with Gasteiger partial charge in [-0.2, -0.15) is 10.2 Å². The minimum atomic E-state index is -5.21. The highest BCUT2D eigenvalue weighted by Gasteiger charge is 2.30. The molecule has 0 radical (unpaired) electrons. The van der Waals surface area contributed by atoms with E-state index >= 15 is 0 Å². The molecule has 0 amide bonds. The van der Waals surface area contributed by atoms with E-state index in [-0.39, 0.29) is 55.7 Å². The summed E-state index contributed by atoms with van der Waals surface area (Å²) in [4.78, 5) is 11.3. The fraction of sp³-hybridized carbons (Fsp3) is 0. The molecule has 0 heterocycles. The Kier molecular flexibility index (Phi) is 9.62. The van der Waals surface area contributed by atoms with E-state index in [0.717, 1.165) is 30.3 Å². The summed E-state index contributed by atoms with van der Waals surface area (Å²) < 4.78 is 108. The van der Waals surface area contributed by atoms with Crippen LogP contribution in [0.25, 0.3) is 27.6 Å². The van der Waals surface area contributed by atoms with Crippen LogP contribution in [0.3, 0.4) is 0 Å². The lowest BCUT2D eigenvalue weighted by molar-refractivity contribution is 0.106. The van der Waals surface area contributed by atoms with E-state index < -0.39 is 56.5 Å². The summed E-state index contributed by atoms with van der Waals surface area (Å²) in [6, 6.07) is 25.3. The first-order valence-electron chi connectivity index (χ1n) is 15.9. The van der Waals surface area contributed by atoms with Gasteiger partial charge < -0.3 is 19.4 Å². The fourth-order valence-electron chi connectivity index (χ4n) is 5.75. The average molecular weight is 809 g/mol. The maximum atomic E-state index is 13.4. The van der Waals surface area contributed by atoms with Crippen molar-refractivity contribution in [3.05, 3.63) is 125 Å². The second-order valence-corrected chi connectivity index (χ2v) is 16.1. The third kappa shape index (κ3) is 7.68. The molecule has 0 saturated carbocycles. The maximum Gasteiger partial charge on any atom is 0.215 e. The molecule has 0 aromatic heterocycles. The molecule has 17 nitrogen and oxygen atoms in total. The van der Waals surface area contributed by atoms with Crippen molar-refractivity contribution in [2.75, 3.05) is 11.2 Å². The zero-order valence-electron chi connectivity index (χ0n) is 28.1. The van der Waals surface area contributed by atoms with Gasteiger partial charge in [0.15, 0.2) is 0 Å². The van der Waals surface area contributed by atoms with Crippen LogP contribution in [0.2, 0.25) is 0 Å². The van der Waals surface area contributed by atoms with Gasteiger partial charge in [-0.3, -0.25) is 10.2 Å². The molecule has 7 rings (SSSR count). The molecule has 1 aliphatic rings. The van der Waals surface area contributed by atoms with Gasteiger partial charge in [0.1, 0.15) is 36.1 Å². The largest absolute Gasteiger partial charge is 0.744 e. The number of nitrogen functional groups attached to an aromatic ring is 1. The van der Waals surface area contributed by atoms with Crippen molar-refractivity contribution >= 4 is 104 Å². The number of rotatable bonds is 9.